The molecule has 0 nitrogen and oxygen atoms in total. The lowest BCUT2D eigenvalue weighted by Gasteiger charge is -2.26. The Bertz CT molecular complexity index is 105. The third kappa shape index (κ3) is 1.77. The Morgan fingerprint density at radius 3 is 1.82 bits per heavy atom. The Morgan fingerprint density at radius 2 is 1.36 bits per heavy atom. The van der Waals surface area contributed by atoms with Crippen molar-refractivity contribution in [2.45, 2.75) is 44.9 Å². The second kappa shape index (κ2) is 3.60. The van der Waals surface area contributed by atoms with E-state index in [2.05, 4.69) is 12.8 Å². The van der Waals surface area contributed by atoms with Crippen LogP contribution >= 0.6 is 0 Å². The highest BCUT2D eigenvalue weighted by atomic mass is 14.3. The van der Waals surface area contributed by atoms with E-state index in [9.17, 15) is 0 Å². The molecule has 2 aliphatic rings. The standard InChI is InChI=1S/C11H18/c1-2-6-10(7-3-1)11-8-4-5-9-11/h6,8,10-11H,1-5,7,9H2. The lowest BCUT2D eigenvalue weighted by molar-refractivity contribution is 0.348. The monoisotopic (exact) mass is 150 g/mol. The second-order valence-corrected chi connectivity index (χ2v) is 4.01. The smallest absolute Gasteiger partial charge is 0.0352 e. The molecule has 2 fully saturated rings. The van der Waals surface area contributed by atoms with E-state index in [0.29, 0.717) is 0 Å². The van der Waals surface area contributed by atoms with Gasteiger partial charge in [0.1, 0.15) is 0 Å². The number of rotatable bonds is 1. The largest absolute Gasteiger partial charge is 0.0530 e. The molecule has 0 aromatic carbocycles. The molecule has 0 spiro atoms. The fourth-order valence-electron chi connectivity index (χ4n) is 2.56. The van der Waals surface area contributed by atoms with Gasteiger partial charge < -0.3 is 0 Å². The van der Waals surface area contributed by atoms with Crippen LogP contribution in [0.5, 0.6) is 0 Å². The summed E-state index contributed by atoms with van der Waals surface area (Å²) in [7, 11) is 0. The molecule has 11 heavy (non-hydrogen) atoms. The molecule has 0 heteroatoms. The third-order valence-electron chi connectivity index (χ3n) is 3.22. The van der Waals surface area contributed by atoms with Crippen molar-refractivity contribution in [1.29, 1.82) is 0 Å². The van der Waals surface area contributed by atoms with E-state index in [-0.39, 0.29) is 0 Å². The quantitative estimate of drug-likeness (QED) is 0.537. The maximum atomic E-state index is 2.58. The maximum absolute atomic E-state index is 2.58. The molecule has 2 radical (unpaired) electrons. The maximum Gasteiger partial charge on any atom is -0.0352 e. The van der Waals surface area contributed by atoms with Crippen LogP contribution in [0.4, 0.5) is 0 Å². The number of hydrogen-bond donors (Lipinski definition) is 0. The summed E-state index contributed by atoms with van der Waals surface area (Å²) >= 11 is 0. The molecule has 0 heterocycles. The highest BCUT2D eigenvalue weighted by molar-refractivity contribution is 4.95. The molecule has 2 aliphatic carbocycles. The van der Waals surface area contributed by atoms with E-state index < -0.39 is 0 Å². The summed E-state index contributed by atoms with van der Waals surface area (Å²) in [5, 5.41) is 0. The highest BCUT2D eigenvalue weighted by Gasteiger charge is 2.26. The van der Waals surface area contributed by atoms with Gasteiger partial charge in [0.2, 0.25) is 0 Å². The van der Waals surface area contributed by atoms with Crippen molar-refractivity contribution in [2.24, 2.45) is 11.8 Å². The molecule has 2 atom stereocenters. The second-order valence-electron chi connectivity index (χ2n) is 4.01. The van der Waals surface area contributed by atoms with Crippen LogP contribution in [-0.4, -0.2) is 0 Å². The molecule has 2 saturated carbocycles. The van der Waals surface area contributed by atoms with Gasteiger partial charge in [0.05, 0.1) is 0 Å². The Hall–Kier alpha value is 0. The minimum Gasteiger partial charge on any atom is -0.0530 e. The van der Waals surface area contributed by atoms with Crippen molar-refractivity contribution in [2.75, 3.05) is 0 Å². The summed E-state index contributed by atoms with van der Waals surface area (Å²) in [5.74, 6) is 1.93. The predicted octanol–water partition coefficient (Wildman–Crippen LogP) is 3.39. The fraction of sp³-hybridized carbons (Fsp3) is 0.818. The minimum atomic E-state index is 0.964. The van der Waals surface area contributed by atoms with Gasteiger partial charge in [-0.2, -0.15) is 0 Å². The van der Waals surface area contributed by atoms with E-state index in [0.717, 1.165) is 11.8 Å². The molecular weight excluding hydrogens is 132 g/mol. The fourth-order valence-corrected chi connectivity index (χ4v) is 2.56. The summed E-state index contributed by atoms with van der Waals surface area (Å²) in [4.78, 5) is 0. The lowest BCUT2D eigenvalue weighted by atomic mass is 9.79. The predicted molar refractivity (Wildman–Crippen MR) is 47.9 cm³/mol. The summed E-state index contributed by atoms with van der Waals surface area (Å²) in [6.07, 6.45) is 15.2. The molecule has 0 aliphatic heterocycles. The van der Waals surface area contributed by atoms with Crippen molar-refractivity contribution in [3.05, 3.63) is 12.8 Å². The van der Waals surface area contributed by atoms with E-state index in [1.54, 1.807) is 0 Å². The normalized spacial score (nSPS) is 29.5. The van der Waals surface area contributed by atoms with Gasteiger partial charge in [-0.3, -0.25) is 0 Å². The summed E-state index contributed by atoms with van der Waals surface area (Å²) in [6.45, 7) is 0. The molecule has 2 rings (SSSR count). The average Bonchev–Trinajstić information content (AvgIpc) is 2.58. The van der Waals surface area contributed by atoms with Crippen LogP contribution in [0.15, 0.2) is 0 Å². The molecule has 2 unspecified atom stereocenters. The van der Waals surface area contributed by atoms with E-state index >= 15 is 0 Å². The van der Waals surface area contributed by atoms with Gasteiger partial charge in [0.25, 0.3) is 0 Å². The summed E-state index contributed by atoms with van der Waals surface area (Å²) in [6, 6.07) is 0. The van der Waals surface area contributed by atoms with Crippen LogP contribution in [0.2, 0.25) is 0 Å². The van der Waals surface area contributed by atoms with Crippen LogP contribution in [0.25, 0.3) is 0 Å². The molecule has 0 bridgehead atoms. The van der Waals surface area contributed by atoms with Crippen LogP contribution in [0.3, 0.4) is 0 Å². The molecule has 0 amide bonds. The van der Waals surface area contributed by atoms with E-state index in [4.69, 9.17) is 0 Å². The Balaban J connectivity index is 1.82. The van der Waals surface area contributed by atoms with Crippen LogP contribution < -0.4 is 0 Å². The first-order chi connectivity index (χ1) is 5.47. The zero-order valence-corrected chi connectivity index (χ0v) is 7.26. The zero-order chi connectivity index (χ0) is 7.52. The third-order valence-corrected chi connectivity index (χ3v) is 3.22. The van der Waals surface area contributed by atoms with Crippen molar-refractivity contribution in [1.82, 2.24) is 0 Å². The number of hydrogen-bond acceptors (Lipinski definition) is 0. The first kappa shape index (κ1) is 7.64. The summed E-state index contributed by atoms with van der Waals surface area (Å²) < 4.78 is 0. The average molecular weight is 150 g/mol. The molecule has 62 valence electrons. The van der Waals surface area contributed by atoms with Crippen LogP contribution in [-0.2, 0) is 0 Å². The topological polar surface area (TPSA) is 0 Å². The Labute approximate surface area is 70.4 Å². The van der Waals surface area contributed by atoms with Crippen molar-refractivity contribution in [3.8, 4) is 0 Å². The van der Waals surface area contributed by atoms with Gasteiger partial charge in [-0.05, 0) is 50.4 Å². The Morgan fingerprint density at radius 1 is 0.727 bits per heavy atom. The Kier molecular flexibility index (Phi) is 2.50. The van der Waals surface area contributed by atoms with Crippen LogP contribution in [0.1, 0.15) is 44.9 Å². The zero-order valence-electron chi connectivity index (χ0n) is 7.26. The first-order valence-corrected chi connectivity index (χ1v) is 5.13. The molecule has 0 saturated heterocycles. The van der Waals surface area contributed by atoms with Gasteiger partial charge in [0.15, 0.2) is 0 Å². The van der Waals surface area contributed by atoms with E-state index in [1.165, 1.54) is 44.9 Å². The van der Waals surface area contributed by atoms with Gasteiger partial charge >= 0.3 is 0 Å². The molecule has 0 N–H and O–H groups in total. The summed E-state index contributed by atoms with van der Waals surface area (Å²) in [5.41, 5.74) is 0. The molecule has 0 aromatic rings. The molecule has 0 aromatic heterocycles. The molecular formula is C11H18. The highest BCUT2D eigenvalue weighted by Crippen LogP contribution is 2.37. The van der Waals surface area contributed by atoms with Gasteiger partial charge in [-0.15, -0.1) is 0 Å². The first-order valence-electron chi connectivity index (χ1n) is 5.13. The van der Waals surface area contributed by atoms with Crippen LogP contribution in [0, 0.1) is 24.7 Å². The van der Waals surface area contributed by atoms with Crippen molar-refractivity contribution < 1.29 is 0 Å². The van der Waals surface area contributed by atoms with Gasteiger partial charge in [0, 0.05) is 0 Å². The van der Waals surface area contributed by atoms with Gasteiger partial charge in [-0.1, -0.05) is 19.3 Å². The van der Waals surface area contributed by atoms with Crippen molar-refractivity contribution >= 4 is 0 Å². The lowest BCUT2D eigenvalue weighted by Crippen LogP contribution is -2.15. The van der Waals surface area contributed by atoms with Gasteiger partial charge in [-0.25, -0.2) is 0 Å². The van der Waals surface area contributed by atoms with E-state index in [1.807, 2.05) is 0 Å². The van der Waals surface area contributed by atoms with Crippen molar-refractivity contribution in [3.63, 3.8) is 0 Å². The minimum absolute atomic E-state index is 0.964. The SMILES string of the molecule is [CH]1CCCC1C1[CH]CCCC1.